The smallest absolute Gasteiger partial charge is 0.175 e. The van der Waals surface area contributed by atoms with Crippen LogP contribution < -0.4 is 14.8 Å². The number of benzene rings is 2. The summed E-state index contributed by atoms with van der Waals surface area (Å²) in [5.74, 6) is 1.51. The summed E-state index contributed by atoms with van der Waals surface area (Å²) >= 11 is 9.60. The Morgan fingerprint density at radius 1 is 0.929 bits per heavy atom. The zero-order chi connectivity index (χ0) is 20.2. The van der Waals surface area contributed by atoms with Crippen LogP contribution in [0.1, 0.15) is 57.1 Å². The fourth-order valence-electron chi connectivity index (χ4n) is 2.95. The summed E-state index contributed by atoms with van der Waals surface area (Å²) < 4.78 is 12.8. The molecule has 2 aromatic carbocycles. The normalized spacial score (nSPS) is 10.9. The van der Waals surface area contributed by atoms with E-state index in [1.54, 1.807) is 0 Å². The van der Waals surface area contributed by atoms with Crippen LogP contribution in [0.25, 0.3) is 0 Å². The van der Waals surface area contributed by atoms with Crippen molar-refractivity contribution < 1.29 is 9.47 Å². The van der Waals surface area contributed by atoms with Gasteiger partial charge in [-0.3, -0.25) is 0 Å². The Balaban J connectivity index is 1.93. The van der Waals surface area contributed by atoms with Gasteiger partial charge in [0, 0.05) is 11.6 Å². The van der Waals surface area contributed by atoms with Crippen molar-refractivity contribution in [3.63, 3.8) is 0 Å². The summed E-state index contributed by atoms with van der Waals surface area (Å²) in [5, 5.41) is 4.25. The van der Waals surface area contributed by atoms with Crippen LogP contribution in [0.4, 0.5) is 0 Å². The van der Waals surface area contributed by atoms with Crippen molar-refractivity contribution in [2.24, 2.45) is 0 Å². The molecule has 0 radical (unpaired) electrons. The van der Waals surface area contributed by atoms with Crippen LogP contribution in [0.15, 0.2) is 40.9 Å². The number of hydrogen-bond donors (Lipinski definition) is 1. The van der Waals surface area contributed by atoms with Gasteiger partial charge in [0.1, 0.15) is 6.61 Å². The fourth-order valence-corrected chi connectivity index (χ4v) is 3.68. The predicted molar refractivity (Wildman–Crippen MR) is 122 cm³/mol. The first-order chi connectivity index (χ1) is 13.6. The maximum Gasteiger partial charge on any atom is 0.175 e. The van der Waals surface area contributed by atoms with Crippen molar-refractivity contribution in [3.8, 4) is 11.5 Å². The van der Waals surface area contributed by atoms with Crippen LogP contribution in [0, 0.1) is 0 Å². The molecule has 0 unspecified atom stereocenters. The van der Waals surface area contributed by atoms with E-state index >= 15 is 0 Å². The fraction of sp³-hybridized carbons (Fsp3) is 0.478. The molecule has 0 amide bonds. The zero-order valence-corrected chi connectivity index (χ0v) is 19.2. The number of hydrogen-bond acceptors (Lipinski definition) is 3. The first kappa shape index (κ1) is 23.1. The Bertz CT molecular complexity index is 706. The van der Waals surface area contributed by atoms with Gasteiger partial charge in [0.25, 0.3) is 0 Å². The lowest BCUT2D eigenvalue weighted by Gasteiger charge is -2.16. The maximum absolute atomic E-state index is 6.05. The van der Waals surface area contributed by atoms with E-state index in [2.05, 4.69) is 40.3 Å². The SMILES string of the molecule is CCCCCCCNCc1cc(Br)c(OCc2ccc(Cl)cc2)c(OCC)c1. The third-order valence-electron chi connectivity index (χ3n) is 4.45. The van der Waals surface area contributed by atoms with E-state index in [1.165, 1.54) is 37.7 Å². The monoisotopic (exact) mass is 467 g/mol. The summed E-state index contributed by atoms with van der Waals surface area (Å²) in [6.07, 6.45) is 6.47. The third kappa shape index (κ3) is 8.02. The minimum Gasteiger partial charge on any atom is -0.490 e. The van der Waals surface area contributed by atoms with Crippen molar-refractivity contribution in [2.45, 2.75) is 59.1 Å². The molecule has 0 bridgehead atoms. The van der Waals surface area contributed by atoms with E-state index in [0.29, 0.717) is 13.2 Å². The Labute approximate surface area is 182 Å². The molecule has 2 aromatic rings. The number of halogens is 2. The third-order valence-corrected chi connectivity index (χ3v) is 5.29. The summed E-state index contributed by atoms with van der Waals surface area (Å²) in [4.78, 5) is 0. The molecule has 1 N–H and O–H groups in total. The Morgan fingerprint density at radius 3 is 2.39 bits per heavy atom. The van der Waals surface area contributed by atoms with Crippen LogP contribution in [-0.4, -0.2) is 13.2 Å². The molecular weight excluding hydrogens is 438 g/mol. The Kier molecular flexibility index (Phi) is 10.8. The van der Waals surface area contributed by atoms with Gasteiger partial charge in [-0.25, -0.2) is 0 Å². The van der Waals surface area contributed by atoms with E-state index in [-0.39, 0.29) is 0 Å². The van der Waals surface area contributed by atoms with Crippen LogP contribution in [-0.2, 0) is 13.2 Å². The van der Waals surface area contributed by atoms with Crippen molar-refractivity contribution >= 4 is 27.5 Å². The number of unbranched alkanes of at least 4 members (excludes halogenated alkanes) is 4. The maximum atomic E-state index is 6.05. The quantitative estimate of drug-likeness (QED) is 0.317. The van der Waals surface area contributed by atoms with Gasteiger partial charge in [0.2, 0.25) is 0 Å². The first-order valence-electron chi connectivity index (χ1n) is 10.2. The van der Waals surface area contributed by atoms with Gasteiger partial charge in [0.05, 0.1) is 11.1 Å². The van der Waals surface area contributed by atoms with E-state index in [0.717, 1.165) is 39.6 Å². The summed E-state index contributed by atoms with van der Waals surface area (Å²) in [6.45, 7) is 7.15. The van der Waals surface area contributed by atoms with Crippen molar-refractivity contribution in [1.82, 2.24) is 5.32 Å². The van der Waals surface area contributed by atoms with Gasteiger partial charge in [-0.15, -0.1) is 0 Å². The molecule has 5 heteroatoms. The minimum atomic E-state index is 0.463. The molecule has 2 rings (SSSR count). The van der Waals surface area contributed by atoms with E-state index < -0.39 is 0 Å². The average molecular weight is 469 g/mol. The number of nitrogens with one attached hydrogen (secondary N) is 1. The molecule has 0 saturated carbocycles. The van der Waals surface area contributed by atoms with E-state index in [9.17, 15) is 0 Å². The lowest BCUT2D eigenvalue weighted by Crippen LogP contribution is -2.15. The Hall–Kier alpha value is -1.23. The van der Waals surface area contributed by atoms with Gasteiger partial charge in [-0.2, -0.15) is 0 Å². The molecule has 0 aliphatic heterocycles. The van der Waals surface area contributed by atoms with Gasteiger partial charge < -0.3 is 14.8 Å². The minimum absolute atomic E-state index is 0.463. The highest BCUT2D eigenvalue weighted by atomic mass is 79.9. The lowest BCUT2D eigenvalue weighted by atomic mass is 10.1. The summed E-state index contributed by atoms with van der Waals surface area (Å²) in [6, 6.07) is 11.8. The second-order valence-corrected chi connectivity index (χ2v) is 8.13. The standard InChI is InChI=1S/C23H31BrClNO2/c1-3-5-6-7-8-13-26-16-19-14-21(24)23(22(15-19)27-4-2)28-17-18-9-11-20(25)12-10-18/h9-12,14-15,26H,3-8,13,16-17H2,1-2H3. The number of ether oxygens (including phenoxy) is 2. The molecule has 0 fully saturated rings. The molecule has 154 valence electrons. The van der Waals surface area contributed by atoms with Crippen LogP contribution in [0.3, 0.4) is 0 Å². The molecular formula is C23H31BrClNO2. The predicted octanol–water partition coefficient (Wildman–Crippen LogP) is 7.14. The largest absolute Gasteiger partial charge is 0.490 e. The molecule has 0 aliphatic rings. The molecule has 0 heterocycles. The molecule has 0 spiro atoms. The van der Waals surface area contributed by atoms with Crippen molar-refractivity contribution in [1.29, 1.82) is 0 Å². The van der Waals surface area contributed by atoms with E-state index in [4.69, 9.17) is 21.1 Å². The van der Waals surface area contributed by atoms with Gasteiger partial charge >= 0.3 is 0 Å². The van der Waals surface area contributed by atoms with Gasteiger partial charge in [-0.05, 0) is 71.2 Å². The molecule has 0 aromatic heterocycles. The summed E-state index contributed by atoms with van der Waals surface area (Å²) in [5.41, 5.74) is 2.25. The van der Waals surface area contributed by atoms with Crippen LogP contribution >= 0.6 is 27.5 Å². The van der Waals surface area contributed by atoms with Gasteiger partial charge in [-0.1, -0.05) is 56.3 Å². The van der Waals surface area contributed by atoms with Crippen LogP contribution in [0.2, 0.25) is 5.02 Å². The highest BCUT2D eigenvalue weighted by Crippen LogP contribution is 2.37. The van der Waals surface area contributed by atoms with Crippen LogP contribution in [0.5, 0.6) is 11.5 Å². The lowest BCUT2D eigenvalue weighted by molar-refractivity contribution is 0.267. The summed E-state index contributed by atoms with van der Waals surface area (Å²) in [7, 11) is 0. The average Bonchev–Trinajstić information content (AvgIpc) is 2.68. The second-order valence-electron chi connectivity index (χ2n) is 6.84. The second kappa shape index (κ2) is 13.1. The van der Waals surface area contributed by atoms with Gasteiger partial charge in [0.15, 0.2) is 11.5 Å². The van der Waals surface area contributed by atoms with E-state index in [1.807, 2.05) is 31.2 Å². The Morgan fingerprint density at radius 2 is 1.68 bits per heavy atom. The number of rotatable bonds is 13. The molecule has 3 nitrogen and oxygen atoms in total. The molecule has 0 aliphatic carbocycles. The zero-order valence-electron chi connectivity index (χ0n) is 16.9. The molecule has 0 atom stereocenters. The highest BCUT2D eigenvalue weighted by Gasteiger charge is 2.12. The van der Waals surface area contributed by atoms with Crippen molar-refractivity contribution in [3.05, 3.63) is 57.0 Å². The first-order valence-corrected chi connectivity index (χ1v) is 11.3. The highest BCUT2D eigenvalue weighted by molar-refractivity contribution is 9.10. The van der Waals surface area contributed by atoms with Crippen molar-refractivity contribution in [2.75, 3.05) is 13.2 Å². The molecule has 0 saturated heterocycles. The topological polar surface area (TPSA) is 30.5 Å². The molecule has 28 heavy (non-hydrogen) atoms.